The first-order chi connectivity index (χ1) is 11.5. The highest BCUT2D eigenvalue weighted by Crippen LogP contribution is 2.29. The zero-order chi connectivity index (χ0) is 17.3. The molecular weight excluding hydrogens is 308 g/mol. The van der Waals surface area contributed by atoms with Crippen molar-refractivity contribution in [2.75, 3.05) is 12.4 Å². The van der Waals surface area contributed by atoms with Crippen molar-refractivity contribution < 1.29 is 14.6 Å². The Labute approximate surface area is 137 Å². The third kappa shape index (κ3) is 2.58. The summed E-state index contributed by atoms with van der Waals surface area (Å²) in [5.74, 6) is -0.504. The molecule has 0 saturated carbocycles. The van der Waals surface area contributed by atoms with Crippen molar-refractivity contribution in [1.29, 1.82) is 0 Å². The fraction of sp³-hybridized carbons (Fsp3) is 0.111. The molecule has 0 radical (unpaired) electrons. The number of rotatable bonds is 3. The lowest BCUT2D eigenvalue weighted by molar-refractivity contribution is 0.102. The number of aromatic hydroxyl groups is 1. The van der Waals surface area contributed by atoms with E-state index in [0.717, 1.165) is 0 Å². The molecule has 1 aromatic heterocycles. The zero-order valence-corrected chi connectivity index (χ0v) is 13.2. The van der Waals surface area contributed by atoms with E-state index in [-0.39, 0.29) is 11.3 Å². The van der Waals surface area contributed by atoms with Gasteiger partial charge < -0.3 is 19.7 Å². The Morgan fingerprint density at radius 3 is 2.54 bits per heavy atom. The number of nitrogens with zero attached hydrogens (tertiary/aromatic N) is 1. The number of fused-ring (bicyclic) bond motifs is 1. The lowest BCUT2D eigenvalue weighted by Crippen LogP contribution is -2.28. The van der Waals surface area contributed by atoms with Gasteiger partial charge in [0.1, 0.15) is 17.1 Å². The normalized spacial score (nSPS) is 10.6. The van der Waals surface area contributed by atoms with E-state index in [4.69, 9.17) is 4.74 Å². The number of pyridine rings is 1. The first kappa shape index (κ1) is 15.6. The predicted octanol–water partition coefficient (Wildman–Crippen LogP) is 2.50. The van der Waals surface area contributed by atoms with Crippen LogP contribution in [0.25, 0.3) is 10.9 Å². The summed E-state index contributed by atoms with van der Waals surface area (Å²) in [7, 11) is 3.05. The monoisotopic (exact) mass is 324 g/mol. The van der Waals surface area contributed by atoms with Gasteiger partial charge in [0.05, 0.1) is 12.6 Å². The number of benzene rings is 2. The van der Waals surface area contributed by atoms with Crippen LogP contribution in [0.1, 0.15) is 10.4 Å². The molecule has 0 unspecified atom stereocenters. The molecule has 122 valence electrons. The van der Waals surface area contributed by atoms with Crippen LogP contribution in [-0.2, 0) is 7.05 Å². The van der Waals surface area contributed by atoms with Gasteiger partial charge in [-0.1, -0.05) is 18.2 Å². The second kappa shape index (κ2) is 6.08. The van der Waals surface area contributed by atoms with Crippen LogP contribution in [0.15, 0.2) is 53.3 Å². The summed E-state index contributed by atoms with van der Waals surface area (Å²) < 4.78 is 6.47. The van der Waals surface area contributed by atoms with E-state index in [2.05, 4.69) is 5.32 Å². The summed E-state index contributed by atoms with van der Waals surface area (Å²) in [6.45, 7) is 0. The Kier molecular flexibility index (Phi) is 3.95. The van der Waals surface area contributed by atoms with Gasteiger partial charge >= 0.3 is 0 Å². The molecule has 0 aliphatic carbocycles. The number of hydrogen-bond acceptors (Lipinski definition) is 4. The molecule has 0 bridgehead atoms. The van der Waals surface area contributed by atoms with Gasteiger partial charge in [-0.2, -0.15) is 0 Å². The quantitative estimate of drug-likeness (QED) is 0.776. The van der Waals surface area contributed by atoms with E-state index in [1.807, 2.05) is 6.07 Å². The van der Waals surface area contributed by atoms with Gasteiger partial charge in [0.2, 0.25) is 0 Å². The maximum Gasteiger partial charge on any atom is 0.267 e. The van der Waals surface area contributed by atoms with Crippen LogP contribution in [-0.4, -0.2) is 22.7 Å². The topological polar surface area (TPSA) is 80.6 Å². The fourth-order valence-electron chi connectivity index (χ4n) is 2.56. The number of methoxy groups -OCH3 is 1. The molecule has 0 fully saturated rings. The van der Waals surface area contributed by atoms with Crippen LogP contribution in [0.4, 0.5) is 5.69 Å². The average Bonchev–Trinajstić information content (AvgIpc) is 2.60. The molecule has 3 rings (SSSR count). The van der Waals surface area contributed by atoms with Crippen molar-refractivity contribution in [3.05, 3.63) is 64.4 Å². The number of ether oxygens (including phenoxy) is 1. The number of amides is 1. The molecule has 2 N–H and O–H groups in total. The molecule has 1 amide bonds. The molecular formula is C18H16N2O4. The van der Waals surface area contributed by atoms with E-state index < -0.39 is 11.5 Å². The summed E-state index contributed by atoms with van der Waals surface area (Å²) >= 11 is 0. The summed E-state index contributed by atoms with van der Waals surface area (Å²) in [5.41, 5.74) is 0.171. The highest BCUT2D eigenvalue weighted by atomic mass is 16.5. The van der Waals surface area contributed by atoms with Crippen molar-refractivity contribution in [2.24, 2.45) is 7.05 Å². The number of carbonyl (C=O) groups is 1. The fourth-order valence-corrected chi connectivity index (χ4v) is 2.56. The minimum atomic E-state index is -0.663. The van der Waals surface area contributed by atoms with Crippen molar-refractivity contribution in [3.63, 3.8) is 0 Å². The molecule has 6 heteroatoms. The van der Waals surface area contributed by atoms with E-state index in [1.54, 1.807) is 49.5 Å². The maximum absolute atomic E-state index is 12.5. The molecule has 24 heavy (non-hydrogen) atoms. The maximum atomic E-state index is 12.5. The van der Waals surface area contributed by atoms with Gasteiger partial charge in [-0.15, -0.1) is 0 Å². The van der Waals surface area contributed by atoms with Gasteiger partial charge in [-0.3, -0.25) is 9.59 Å². The average molecular weight is 324 g/mol. The largest absolute Gasteiger partial charge is 0.506 e. The van der Waals surface area contributed by atoms with Crippen molar-refractivity contribution >= 4 is 22.5 Å². The third-order valence-electron chi connectivity index (χ3n) is 3.83. The first-order valence-corrected chi connectivity index (χ1v) is 7.29. The van der Waals surface area contributed by atoms with Gasteiger partial charge in [0.15, 0.2) is 0 Å². The number of anilines is 1. The SMILES string of the molecule is COc1ccc2c(c1)c(O)c(C(=O)Nc1ccccc1)c(=O)n2C. The van der Waals surface area contributed by atoms with Crippen LogP contribution in [0.5, 0.6) is 11.5 Å². The second-order valence-electron chi connectivity index (χ2n) is 5.29. The smallest absolute Gasteiger partial charge is 0.267 e. The highest BCUT2D eigenvalue weighted by Gasteiger charge is 2.21. The molecule has 2 aromatic carbocycles. The summed E-state index contributed by atoms with van der Waals surface area (Å²) in [5, 5.41) is 13.5. The molecule has 0 aliphatic heterocycles. The highest BCUT2D eigenvalue weighted by molar-refractivity contribution is 6.09. The van der Waals surface area contributed by atoms with Gasteiger partial charge in [0.25, 0.3) is 11.5 Å². The van der Waals surface area contributed by atoms with E-state index in [9.17, 15) is 14.7 Å². The van der Waals surface area contributed by atoms with Crippen LogP contribution >= 0.6 is 0 Å². The van der Waals surface area contributed by atoms with Crippen LogP contribution in [0, 0.1) is 0 Å². The minimum Gasteiger partial charge on any atom is -0.506 e. The van der Waals surface area contributed by atoms with Gasteiger partial charge in [0, 0.05) is 18.1 Å². The number of nitrogens with one attached hydrogen (secondary N) is 1. The van der Waals surface area contributed by atoms with Crippen molar-refractivity contribution in [1.82, 2.24) is 4.57 Å². The van der Waals surface area contributed by atoms with Gasteiger partial charge in [-0.05, 0) is 30.3 Å². The Morgan fingerprint density at radius 2 is 1.88 bits per heavy atom. The minimum absolute atomic E-state index is 0.304. The Bertz CT molecular complexity index is 978. The molecule has 1 heterocycles. The molecule has 0 saturated heterocycles. The Morgan fingerprint density at radius 1 is 1.17 bits per heavy atom. The number of hydrogen-bond donors (Lipinski definition) is 2. The summed E-state index contributed by atoms with van der Waals surface area (Å²) in [6, 6.07) is 13.7. The molecule has 3 aromatic rings. The first-order valence-electron chi connectivity index (χ1n) is 7.29. The zero-order valence-electron chi connectivity index (χ0n) is 13.2. The third-order valence-corrected chi connectivity index (χ3v) is 3.83. The van der Waals surface area contributed by atoms with Crippen LogP contribution in [0.2, 0.25) is 0 Å². The number of aromatic nitrogens is 1. The molecule has 0 aliphatic rings. The van der Waals surface area contributed by atoms with Gasteiger partial charge in [-0.25, -0.2) is 0 Å². The second-order valence-corrected chi connectivity index (χ2v) is 5.29. The Balaban J connectivity index is 2.17. The Hall–Kier alpha value is -3.28. The summed E-state index contributed by atoms with van der Waals surface area (Å²) in [6.07, 6.45) is 0. The lowest BCUT2D eigenvalue weighted by Gasteiger charge is -2.13. The van der Waals surface area contributed by atoms with Crippen molar-refractivity contribution in [3.8, 4) is 11.5 Å². The molecule has 0 atom stereocenters. The molecule has 0 spiro atoms. The van der Waals surface area contributed by atoms with E-state index in [1.165, 1.54) is 11.7 Å². The standard InChI is InChI=1S/C18H16N2O4/c1-20-14-9-8-12(24-2)10-13(14)16(21)15(18(20)23)17(22)19-11-6-4-3-5-7-11/h3-10,21H,1-2H3,(H,19,22). The van der Waals surface area contributed by atoms with Crippen molar-refractivity contribution in [2.45, 2.75) is 0 Å². The van der Waals surface area contributed by atoms with Crippen LogP contribution < -0.4 is 15.6 Å². The number of aryl methyl sites for hydroxylation is 1. The molecule has 6 nitrogen and oxygen atoms in total. The summed E-state index contributed by atoms with van der Waals surface area (Å²) in [4.78, 5) is 25.0. The number of para-hydroxylation sites is 1. The predicted molar refractivity (Wildman–Crippen MR) is 91.8 cm³/mol. The van der Waals surface area contributed by atoms with Crippen LogP contribution in [0.3, 0.4) is 0 Å². The lowest BCUT2D eigenvalue weighted by atomic mass is 10.1. The van der Waals surface area contributed by atoms with E-state index >= 15 is 0 Å². The van der Waals surface area contributed by atoms with E-state index in [0.29, 0.717) is 22.3 Å². The number of carbonyl (C=O) groups excluding carboxylic acids is 1.